The number of hydrogen-bond donors (Lipinski definition) is 0. The van der Waals surface area contributed by atoms with Crippen LogP contribution in [0.1, 0.15) is 41.2 Å². The fraction of sp³-hybridized carbons (Fsp3) is 0.261. The number of aromatic nitrogens is 3. The van der Waals surface area contributed by atoms with Crippen molar-refractivity contribution in [2.24, 2.45) is 0 Å². The van der Waals surface area contributed by atoms with Gasteiger partial charge >= 0.3 is 0 Å². The van der Waals surface area contributed by atoms with E-state index in [1.165, 1.54) is 22.4 Å². The summed E-state index contributed by atoms with van der Waals surface area (Å²) in [5.41, 5.74) is 4.58. The zero-order valence-electron chi connectivity index (χ0n) is 15.8. The van der Waals surface area contributed by atoms with Crippen LogP contribution in [0.5, 0.6) is 0 Å². The van der Waals surface area contributed by atoms with Gasteiger partial charge in [-0.2, -0.15) is 0 Å². The number of anilines is 1. The van der Waals surface area contributed by atoms with E-state index in [2.05, 4.69) is 70.3 Å². The van der Waals surface area contributed by atoms with Crippen LogP contribution in [0, 0.1) is 0 Å². The third kappa shape index (κ3) is 3.27. The van der Waals surface area contributed by atoms with Crippen LogP contribution in [-0.4, -0.2) is 28.0 Å². The monoisotopic (exact) mass is 386 g/mol. The third-order valence-electron chi connectivity index (χ3n) is 5.66. The minimum atomic E-state index is 0.296. The van der Waals surface area contributed by atoms with Gasteiger partial charge in [-0.05, 0) is 29.7 Å². The molecule has 3 heterocycles. The summed E-state index contributed by atoms with van der Waals surface area (Å²) in [6.07, 6.45) is 6.72. The molecule has 1 saturated heterocycles. The molecule has 2 atom stereocenters. The Hall–Kier alpha value is -2.79. The molecule has 0 radical (unpaired) electrons. The first-order chi connectivity index (χ1) is 13.8. The maximum atomic E-state index is 4.75. The highest BCUT2D eigenvalue weighted by Gasteiger charge is 2.26. The topological polar surface area (TPSA) is 41.9 Å². The van der Waals surface area contributed by atoms with Crippen molar-refractivity contribution in [2.45, 2.75) is 25.2 Å². The average Bonchev–Trinajstić information content (AvgIpc) is 3.43. The quantitative estimate of drug-likeness (QED) is 0.481. The Bertz CT molecular complexity index is 1090. The molecule has 140 valence electrons. The van der Waals surface area contributed by atoms with Gasteiger partial charge in [-0.3, -0.25) is 9.97 Å². The highest BCUT2D eigenvalue weighted by atomic mass is 32.1. The average molecular weight is 387 g/mol. The molecule has 2 aromatic carbocycles. The van der Waals surface area contributed by atoms with Crippen molar-refractivity contribution in [2.75, 3.05) is 18.0 Å². The Morgan fingerprint density at radius 1 is 1.00 bits per heavy atom. The minimum absolute atomic E-state index is 0.296. The van der Waals surface area contributed by atoms with Crippen molar-refractivity contribution < 1.29 is 0 Å². The molecule has 0 N–H and O–H groups in total. The maximum absolute atomic E-state index is 4.75. The predicted molar refractivity (Wildman–Crippen MR) is 115 cm³/mol. The van der Waals surface area contributed by atoms with Crippen LogP contribution in [0.4, 0.5) is 5.13 Å². The Labute approximate surface area is 168 Å². The van der Waals surface area contributed by atoms with Gasteiger partial charge in [-0.25, -0.2) is 4.98 Å². The summed E-state index contributed by atoms with van der Waals surface area (Å²) < 4.78 is 0. The van der Waals surface area contributed by atoms with E-state index < -0.39 is 0 Å². The van der Waals surface area contributed by atoms with Gasteiger partial charge in [0.15, 0.2) is 5.13 Å². The summed E-state index contributed by atoms with van der Waals surface area (Å²) in [6, 6.07) is 17.2. The van der Waals surface area contributed by atoms with E-state index in [1.54, 1.807) is 12.4 Å². The molecular weight excluding hydrogens is 364 g/mol. The van der Waals surface area contributed by atoms with E-state index in [4.69, 9.17) is 4.98 Å². The van der Waals surface area contributed by atoms with Crippen molar-refractivity contribution in [3.05, 3.63) is 83.1 Å². The van der Waals surface area contributed by atoms with E-state index in [0.29, 0.717) is 11.8 Å². The van der Waals surface area contributed by atoms with Crippen LogP contribution in [0.2, 0.25) is 0 Å². The van der Waals surface area contributed by atoms with Crippen molar-refractivity contribution in [1.29, 1.82) is 0 Å². The van der Waals surface area contributed by atoms with Gasteiger partial charge in [-0.1, -0.05) is 43.3 Å². The second-order valence-electron chi connectivity index (χ2n) is 7.41. The molecule has 4 nitrogen and oxygen atoms in total. The van der Waals surface area contributed by atoms with E-state index in [0.717, 1.165) is 29.3 Å². The number of rotatable bonds is 4. The maximum Gasteiger partial charge on any atom is 0.185 e. The molecule has 0 aliphatic carbocycles. The van der Waals surface area contributed by atoms with E-state index in [-0.39, 0.29) is 0 Å². The molecule has 4 aromatic rings. The lowest BCUT2D eigenvalue weighted by molar-refractivity contribution is 0.775. The molecule has 1 aliphatic rings. The van der Waals surface area contributed by atoms with Crippen molar-refractivity contribution >= 4 is 27.5 Å². The summed E-state index contributed by atoms with van der Waals surface area (Å²) in [4.78, 5) is 17.3. The van der Waals surface area contributed by atoms with Crippen molar-refractivity contribution in [1.82, 2.24) is 15.0 Å². The minimum Gasteiger partial charge on any atom is -0.347 e. The predicted octanol–water partition coefficient (Wildman–Crippen LogP) is 5.23. The fourth-order valence-electron chi connectivity index (χ4n) is 3.97. The van der Waals surface area contributed by atoms with Crippen LogP contribution in [-0.2, 0) is 0 Å². The van der Waals surface area contributed by atoms with Crippen molar-refractivity contribution in [3.63, 3.8) is 0 Å². The molecule has 28 heavy (non-hydrogen) atoms. The van der Waals surface area contributed by atoms with E-state index in [9.17, 15) is 0 Å². The normalized spacial score (nSPS) is 17.9. The first-order valence-electron chi connectivity index (χ1n) is 9.74. The summed E-state index contributed by atoms with van der Waals surface area (Å²) in [7, 11) is 0. The molecule has 5 rings (SSSR count). The summed E-state index contributed by atoms with van der Waals surface area (Å²) in [5, 5.41) is 1.14. The van der Waals surface area contributed by atoms with Gasteiger partial charge in [-0.15, -0.1) is 11.3 Å². The molecule has 0 saturated carbocycles. The Morgan fingerprint density at radius 3 is 2.68 bits per heavy atom. The third-order valence-corrected chi connectivity index (χ3v) is 6.90. The summed E-state index contributed by atoms with van der Waals surface area (Å²) in [5.74, 6) is 0.898. The highest BCUT2D eigenvalue weighted by Crippen LogP contribution is 2.36. The fourth-order valence-corrected chi connectivity index (χ4v) is 5.00. The van der Waals surface area contributed by atoms with Crippen LogP contribution in [0.3, 0.4) is 0 Å². The standard InChI is InChI=1S/C23H22N4S/c1-16(18-7-8-20-21(13-18)25-11-10-24-20)22-14-26-23(28-22)27-12-9-19(15-27)17-5-3-2-4-6-17/h2-8,10-11,13-14,16,19H,9,12,15H2,1H3. The second-order valence-corrected chi connectivity index (χ2v) is 8.45. The Kier molecular flexibility index (Phi) is 4.53. The SMILES string of the molecule is CC(c1ccc2nccnc2c1)c1cnc(N2CCC(c3ccccc3)C2)s1. The first-order valence-corrected chi connectivity index (χ1v) is 10.6. The lowest BCUT2D eigenvalue weighted by Crippen LogP contribution is -2.18. The summed E-state index contributed by atoms with van der Waals surface area (Å²) in [6.45, 7) is 4.37. The zero-order chi connectivity index (χ0) is 18.9. The summed E-state index contributed by atoms with van der Waals surface area (Å²) >= 11 is 1.81. The number of hydrogen-bond acceptors (Lipinski definition) is 5. The smallest absolute Gasteiger partial charge is 0.185 e. The van der Waals surface area contributed by atoms with Gasteiger partial charge < -0.3 is 4.90 Å². The molecular formula is C23H22N4S. The first kappa shape index (κ1) is 17.3. The largest absolute Gasteiger partial charge is 0.347 e. The number of fused-ring (bicyclic) bond motifs is 1. The van der Waals surface area contributed by atoms with E-state index in [1.807, 2.05) is 17.5 Å². The van der Waals surface area contributed by atoms with Crippen LogP contribution >= 0.6 is 11.3 Å². The molecule has 1 fully saturated rings. The molecule has 0 amide bonds. The van der Waals surface area contributed by atoms with Gasteiger partial charge in [0.25, 0.3) is 0 Å². The highest BCUT2D eigenvalue weighted by molar-refractivity contribution is 7.15. The molecule has 2 aromatic heterocycles. The number of nitrogens with zero attached hydrogens (tertiary/aromatic N) is 4. The molecule has 5 heteroatoms. The van der Waals surface area contributed by atoms with Crippen molar-refractivity contribution in [3.8, 4) is 0 Å². The molecule has 0 spiro atoms. The zero-order valence-corrected chi connectivity index (χ0v) is 16.6. The molecule has 0 bridgehead atoms. The van der Waals surface area contributed by atoms with Crippen LogP contribution < -0.4 is 4.90 Å². The van der Waals surface area contributed by atoms with Gasteiger partial charge in [0.05, 0.1) is 11.0 Å². The van der Waals surface area contributed by atoms with Gasteiger partial charge in [0, 0.05) is 48.4 Å². The van der Waals surface area contributed by atoms with Gasteiger partial charge in [0.2, 0.25) is 0 Å². The van der Waals surface area contributed by atoms with E-state index >= 15 is 0 Å². The lowest BCUT2D eigenvalue weighted by Gasteiger charge is -2.15. The second kappa shape index (κ2) is 7.32. The molecule has 2 unspecified atom stereocenters. The van der Waals surface area contributed by atoms with Crippen LogP contribution in [0.25, 0.3) is 11.0 Å². The Morgan fingerprint density at radius 2 is 1.82 bits per heavy atom. The lowest BCUT2D eigenvalue weighted by atomic mass is 9.99. The number of benzene rings is 2. The molecule has 1 aliphatic heterocycles. The Balaban J connectivity index is 1.34. The number of thiazole rings is 1. The van der Waals surface area contributed by atoms with Crippen LogP contribution in [0.15, 0.2) is 67.1 Å². The van der Waals surface area contributed by atoms with Gasteiger partial charge in [0.1, 0.15) is 0 Å².